The lowest BCUT2D eigenvalue weighted by atomic mass is 10.0. The highest BCUT2D eigenvalue weighted by atomic mass is 19.1. The third kappa shape index (κ3) is 2.91. The Bertz CT molecular complexity index is 657. The smallest absolute Gasteiger partial charge is 0.311 e. The highest BCUT2D eigenvalue weighted by Crippen LogP contribution is 2.40. The molecule has 1 unspecified atom stereocenters. The molecule has 6 nitrogen and oxygen atoms in total. The van der Waals surface area contributed by atoms with E-state index in [9.17, 15) is 13.9 Å². The molecule has 0 bridgehead atoms. The lowest BCUT2D eigenvalue weighted by Crippen LogP contribution is -2.08. The normalized spacial score (nSPS) is 11.9. The van der Waals surface area contributed by atoms with Gasteiger partial charge in [0.15, 0.2) is 11.5 Å². The van der Waals surface area contributed by atoms with Crippen molar-refractivity contribution >= 4 is 0 Å². The summed E-state index contributed by atoms with van der Waals surface area (Å²) in [4.78, 5) is 6.19. The summed E-state index contributed by atoms with van der Waals surface area (Å²) in [6.45, 7) is 0. The number of rotatable bonds is 5. The second kappa shape index (κ2) is 6.52. The van der Waals surface area contributed by atoms with Crippen molar-refractivity contribution in [2.45, 2.75) is 6.10 Å². The maximum atomic E-state index is 13.7. The van der Waals surface area contributed by atoms with Gasteiger partial charge in [-0.15, -0.1) is 0 Å². The zero-order valence-electron chi connectivity index (χ0n) is 12.1. The fourth-order valence-corrected chi connectivity index (χ4v) is 1.97. The van der Waals surface area contributed by atoms with Crippen LogP contribution >= 0.6 is 0 Å². The molecule has 0 aliphatic heterocycles. The Morgan fingerprint density at radius 3 is 2.09 bits per heavy atom. The molecule has 1 heterocycles. The monoisotopic (exact) mass is 312 g/mol. The summed E-state index contributed by atoms with van der Waals surface area (Å²) in [6.07, 6.45) is -1.75. The predicted molar refractivity (Wildman–Crippen MR) is 72.1 cm³/mol. The van der Waals surface area contributed by atoms with E-state index >= 15 is 0 Å². The molecule has 0 aliphatic rings. The Morgan fingerprint density at radius 1 is 1.05 bits per heavy atom. The number of halogens is 2. The van der Waals surface area contributed by atoms with E-state index in [4.69, 9.17) is 14.2 Å². The van der Waals surface area contributed by atoms with Crippen LogP contribution in [0.3, 0.4) is 0 Å². The molecule has 0 saturated carbocycles. The quantitative estimate of drug-likeness (QED) is 0.671. The minimum atomic E-state index is -1.42. The van der Waals surface area contributed by atoms with Crippen LogP contribution < -0.4 is 14.2 Å². The summed E-state index contributed by atoms with van der Waals surface area (Å²) in [5, 5.41) is 10.3. The molecular formula is C14H14F2N2O4. The number of aliphatic hydroxyl groups excluding tert-OH is 1. The highest BCUT2D eigenvalue weighted by Gasteiger charge is 2.22. The molecule has 0 saturated heterocycles. The molecule has 1 N–H and O–H groups in total. The summed E-state index contributed by atoms with van der Waals surface area (Å²) in [5.41, 5.74) is -0.0146. The molecule has 1 atom stereocenters. The predicted octanol–water partition coefficient (Wildman–Crippen LogP) is 1.86. The Morgan fingerprint density at radius 2 is 1.64 bits per heavy atom. The molecule has 8 heteroatoms. The topological polar surface area (TPSA) is 73.7 Å². The number of hydrogen-bond acceptors (Lipinski definition) is 6. The van der Waals surface area contributed by atoms with E-state index in [1.165, 1.54) is 33.5 Å². The molecule has 2 rings (SSSR count). The molecule has 0 aliphatic carbocycles. The molecule has 118 valence electrons. The van der Waals surface area contributed by atoms with E-state index in [2.05, 4.69) is 9.97 Å². The molecular weight excluding hydrogens is 298 g/mol. The molecule has 0 fully saturated rings. The minimum Gasteiger partial charge on any atom is -0.493 e. The van der Waals surface area contributed by atoms with Crippen molar-refractivity contribution in [1.29, 1.82) is 0 Å². The fraction of sp³-hybridized carbons (Fsp3) is 0.286. The molecule has 1 aromatic heterocycles. The summed E-state index contributed by atoms with van der Waals surface area (Å²) in [6, 6.07) is 2.91. The van der Waals surface area contributed by atoms with Crippen molar-refractivity contribution in [2.24, 2.45) is 0 Å². The fourth-order valence-electron chi connectivity index (χ4n) is 1.97. The van der Waals surface area contributed by atoms with E-state index in [1.54, 1.807) is 0 Å². The third-order valence-corrected chi connectivity index (χ3v) is 3.04. The second-order valence-corrected chi connectivity index (χ2v) is 4.25. The first-order valence-electron chi connectivity index (χ1n) is 6.17. The third-order valence-electron chi connectivity index (χ3n) is 3.04. The molecule has 1 aromatic carbocycles. The van der Waals surface area contributed by atoms with E-state index in [0.29, 0.717) is 17.2 Å². The van der Waals surface area contributed by atoms with Gasteiger partial charge in [-0.2, -0.15) is 13.8 Å². The van der Waals surface area contributed by atoms with Crippen LogP contribution in [0.5, 0.6) is 17.2 Å². The molecule has 0 spiro atoms. The van der Waals surface area contributed by atoms with E-state index < -0.39 is 18.1 Å². The largest absolute Gasteiger partial charge is 0.493 e. The minimum absolute atomic E-state index is 0.253. The van der Waals surface area contributed by atoms with E-state index in [-0.39, 0.29) is 11.1 Å². The van der Waals surface area contributed by atoms with Crippen molar-refractivity contribution in [2.75, 3.05) is 21.3 Å². The van der Waals surface area contributed by atoms with Gasteiger partial charge in [0.1, 0.15) is 6.10 Å². The van der Waals surface area contributed by atoms with Crippen LogP contribution in [0.4, 0.5) is 8.78 Å². The SMILES string of the molecule is COc1cc(C(O)c2cnc(F)nc2F)cc(OC)c1OC. The van der Waals surface area contributed by atoms with Crippen LogP contribution in [0, 0.1) is 12.0 Å². The number of aliphatic hydroxyl groups is 1. The summed E-state index contributed by atoms with van der Waals surface area (Å²) in [7, 11) is 4.26. The van der Waals surface area contributed by atoms with Gasteiger partial charge in [-0.25, -0.2) is 4.98 Å². The first-order chi connectivity index (χ1) is 10.5. The Labute approximate surface area is 125 Å². The summed E-state index contributed by atoms with van der Waals surface area (Å²) < 4.78 is 41.9. The van der Waals surface area contributed by atoms with Gasteiger partial charge in [-0.3, -0.25) is 0 Å². The Hall–Kier alpha value is -2.48. The number of hydrogen-bond donors (Lipinski definition) is 1. The van der Waals surface area contributed by atoms with Crippen LogP contribution in [0.2, 0.25) is 0 Å². The van der Waals surface area contributed by atoms with Crippen LogP contribution in [-0.2, 0) is 0 Å². The van der Waals surface area contributed by atoms with Crippen LogP contribution in [0.15, 0.2) is 18.3 Å². The van der Waals surface area contributed by atoms with Gasteiger partial charge in [0.05, 0.1) is 26.9 Å². The van der Waals surface area contributed by atoms with Gasteiger partial charge >= 0.3 is 6.08 Å². The Balaban J connectivity index is 2.51. The van der Waals surface area contributed by atoms with Crippen molar-refractivity contribution in [3.8, 4) is 17.2 Å². The number of aromatic nitrogens is 2. The summed E-state index contributed by atoms with van der Waals surface area (Å²) >= 11 is 0. The first kappa shape index (κ1) is 15.9. The molecule has 22 heavy (non-hydrogen) atoms. The maximum absolute atomic E-state index is 13.7. The van der Waals surface area contributed by atoms with Crippen LogP contribution in [0.1, 0.15) is 17.2 Å². The van der Waals surface area contributed by atoms with Gasteiger partial charge in [-0.1, -0.05) is 0 Å². The van der Waals surface area contributed by atoms with Crippen LogP contribution in [-0.4, -0.2) is 36.4 Å². The van der Waals surface area contributed by atoms with E-state index in [0.717, 1.165) is 6.20 Å². The lowest BCUT2D eigenvalue weighted by molar-refractivity contribution is 0.210. The standard InChI is InChI=1S/C14H14F2N2O4/c1-20-9-4-7(5-10(21-2)12(9)22-3)11(19)8-6-17-14(16)18-13(8)15/h4-6,11,19H,1-3H3. The summed E-state index contributed by atoms with van der Waals surface area (Å²) in [5.74, 6) is -0.232. The zero-order valence-corrected chi connectivity index (χ0v) is 12.1. The average Bonchev–Trinajstić information content (AvgIpc) is 2.52. The van der Waals surface area contributed by atoms with Gasteiger partial charge in [0, 0.05) is 6.20 Å². The second-order valence-electron chi connectivity index (χ2n) is 4.25. The van der Waals surface area contributed by atoms with Crippen molar-refractivity contribution in [1.82, 2.24) is 9.97 Å². The number of nitrogens with zero attached hydrogens (tertiary/aromatic N) is 2. The average molecular weight is 312 g/mol. The van der Waals surface area contributed by atoms with Crippen molar-refractivity contribution in [3.63, 3.8) is 0 Å². The van der Waals surface area contributed by atoms with Gasteiger partial charge < -0.3 is 19.3 Å². The van der Waals surface area contributed by atoms with Crippen molar-refractivity contribution < 1.29 is 28.1 Å². The van der Waals surface area contributed by atoms with Gasteiger partial charge in [0.25, 0.3) is 0 Å². The zero-order chi connectivity index (χ0) is 16.3. The number of methoxy groups -OCH3 is 3. The molecule has 2 aromatic rings. The van der Waals surface area contributed by atoms with E-state index in [1.807, 2.05) is 0 Å². The Kier molecular flexibility index (Phi) is 4.71. The van der Waals surface area contributed by atoms with Gasteiger partial charge in [0.2, 0.25) is 11.7 Å². The number of ether oxygens (including phenoxy) is 3. The number of benzene rings is 1. The highest BCUT2D eigenvalue weighted by molar-refractivity contribution is 5.55. The molecule has 0 radical (unpaired) electrons. The van der Waals surface area contributed by atoms with Crippen LogP contribution in [0.25, 0.3) is 0 Å². The lowest BCUT2D eigenvalue weighted by Gasteiger charge is -2.17. The van der Waals surface area contributed by atoms with Crippen molar-refractivity contribution in [3.05, 3.63) is 41.5 Å². The first-order valence-corrected chi connectivity index (χ1v) is 6.17. The van der Waals surface area contributed by atoms with Gasteiger partial charge in [-0.05, 0) is 17.7 Å². The molecule has 0 amide bonds. The maximum Gasteiger partial charge on any atom is 0.311 e.